The van der Waals surface area contributed by atoms with E-state index in [9.17, 15) is 0 Å². The number of rotatable bonds is 2. The first-order chi connectivity index (χ1) is 8.71. The maximum Gasteiger partial charge on any atom is 0.220 e. The Kier molecular flexibility index (Phi) is 2.11. The van der Waals surface area contributed by atoms with Crippen LogP contribution in [0.5, 0.6) is 5.75 Å². The Bertz CT molecular complexity index is 421. The predicted octanol–water partition coefficient (Wildman–Crippen LogP) is 2.41. The van der Waals surface area contributed by atoms with E-state index in [0.717, 1.165) is 23.5 Å². The molecule has 4 aliphatic rings. The van der Waals surface area contributed by atoms with Crippen LogP contribution in [-0.4, -0.2) is 15.6 Å². The Morgan fingerprint density at radius 1 is 1.00 bits per heavy atom. The Morgan fingerprint density at radius 3 is 2.00 bits per heavy atom. The molecule has 0 saturated heterocycles. The van der Waals surface area contributed by atoms with Crippen molar-refractivity contribution < 1.29 is 4.74 Å². The van der Waals surface area contributed by atoms with Gasteiger partial charge in [-0.3, -0.25) is 0 Å². The fourth-order valence-corrected chi connectivity index (χ4v) is 4.79. The molecule has 96 valence electrons. The molecule has 4 nitrogen and oxygen atoms in total. The summed E-state index contributed by atoms with van der Waals surface area (Å²) in [4.78, 5) is 8.04. The van der Waals surface area contributed by atoms with Crippen molar-refractivity contribution in [2.45, 2.75) is 44.1 Å². The maximum absolute atomic E-state index is 6.29. The molecule has 5 rings (SSSR count). The average Bonchev–Trinajstić information content (AvgIpc) is 2.30. The van der Waals surface area contributed by atoms with Crippen LogP contribution in [0.4, 0.5) is 5.95 Å². The van der Waals surface area contributed by atoms with E-state index in [1.807, 2.05) is 0 Å². The van der Waals surface area contributed by atoms with Gasteiger partial charge in [0.15, 0.2) is 5.75 Å². The zero-order valence-corrected chi connectivity index (χ0v) is 10.5. The molecule has 18 heavy (non-hydrogen) atoms. The highest BCUT2D eigenvalue weighted by molar-refractivity contribution is 5.22. The lowest BCUT2D eigenvalue weighted by Gasteiger charge is -2.56. The van der Waals surface area contributed by atoms with Crippen LogP contribution in [0.1, 0.15) is 38.5 Å². The number of nitrogens with zero attached hydrogens (tertiary/aromatic N) is 2. The van der Waals surface area contributed by atoms with Crippen molar-refractivity contribution in [2.24, 2.45) is 17.8 Å². The molecule has 1 aromatic rings. The van der Waals surface area contributed by atoms with Gasteiger partial charge in [-0.25, -0.2) is 9.97 Å². The minimum Gasteiger partial charge on any atom is -0.484 e. The first kappa shape index (κ1) is 10.6. The summed E-state index contributed by atoms with van der Waals surface area (Å²) in [5, 5.41) is 0. The minimum atomic E-state index is 0.0776. The van der Waals surface area contributed by atoms with Gasteiger partial charge in [-0.2, -0.15) is 0 Å². The molecule has 0 atom stereocenters. The maximum atomic E-state index is 6.29. The van der Waals surface area contributed by atoms with Gasteiger partial charge in [-0.05, 0) is 56.3 Å². The van der Waals surface area contributed by atoms with Crippen molar-refractivity contribution in [3.8, 4) is 5.75 Å². The summed E-state index contributed by atoms with van der Waals surface area (Å²) in [7, 11) is 0. The number of hydrogen-bond donors (Lipinski definition) is 1. The predicted molar refractivity (Wildman–Crippen MR) is 68.0 cm³/mol. The number of ether oxygens (including phenoxy) is 1. The summed E-state index contributed by atoms with van der Waals surface area (Å²) in [6, 6.07) is 0. The van der Waals surface area contributed by atoms with E-state index in [1.165, 1.54) is 38.5 Å². The van der Waals surface area contributed by atoms with Gasteiger partial charge in [-0.1, -0.05) is 0 Å². The lowest BCUT2D eigenvalue weighted by atomic mass is 9.54. The molecule has 4 aliphatic carbocycles. The van der Waals surface area contributed by atoms with Gasteiger partial charge >= 0.3 is 0 Å². The summed E-state index contributed by atoms with van der Waals surface area (Å²) >= 11 is 0. The SMILES string of the molecule is Nc1ncc(OC23CC4CC(CC(C4)C2)C3)cn1. The van der Waals surface area contributed by atoms with Gasteiger partial charge < -0.3 is 10.5 Å². The van der Waals surface area contributed by atoms with Gasteiger partial charge in [0.05, 0.1) is 12.4 Å². The quantitative estimate of drug-likeness (QED) is 0.869. The molecule has 0 radical (unpaired) electrons. The van der Waals surface area contributed by atoms with Gasteiger partial charge in [0, 0.05) is 0 Å². The first-order valence-corrected chi connectivity index (χ1v) is 6.97. The van der Waals surface area contributed by atoms with Crippen LogP contribution in [-0.2, 0) is 0 Å². The lowest BCUT2D eigenvalue weighted by molar-refractivity contribution is -0.107. The van der Waals surface area contributed by atoms with E-state index < -0.39 is 0 Å². The highest BCUT2D eigenvalue weighted by atomic mass is 16.5. The van der Waals surface area contributed by atoms with Crippen LogP contribution in [0, 0.1) is 17.8 Å². The Hall–Kier alpha value is -1.32. The van der Waals surface area contributed by atoms with E-state index >= 15 is 0 Å². The molecular formula is C14H19N3O. The van der Waals surface area contributed by atoms with E-state index in [2.05, 4.69) is 9.97 Å². The standard InChI is InChI=1S/C14H19N3O/c15-13-16-7-12(8-17-13)18-14-4-9-1-10(5-14)3-11(2-9)6-14/h7-11H,1-6H2,(H2,15,16,17). The third-order valence-electron chi connectivity index (χ3n) is 4.96. The highest BCUT2D eigenvalue weighted by Gasteiger charge is 2.52. The summed E-state index contributed by atoms with van der Waals surface area (Å²) in [5.74, 6) is 3.78. The number of hydrogen-bond acceptors (Lipinski definition) is 4. The van der Waals surface area contributed by atoms with Crippen LogP contribution >= 0.6 is 0 Å². The normalized spacial score (nSPS) is 41.0. The van der Waals surface area contributed by atoms with Gasteiger partial charge in [0.25, 0.3) is 0 Å². The minimum absolute atomic E-state index is 0.0776. The molecule has 4 fully saturated rings. The van der Waals surface area contributed by atoms with E-state index in [-0.39, 0.29) is 5.60 Å². The number of anilines is 1. The van der Waals surface area contributed by atoms with Crippen LogP contribution in [0.15, 0.2) is 12.4 Å². The Balaban J connectivity index is 1.58. The van der Waals surface area contributed by atoms with Crippen LogP contribution in [0.3, 0.4) is 0 Å². The molecular weight excluding hydrogens is 226 g/mol. The monoisotopic (exact) mass is 245 g/mol. The summed E-state index contributed by atoms with van der Waals surface area (Å²) in [6.45, 7) is 0. The average molecular weight is 245 g/mol. The Morgan fingerprint density at radius 2 is 1.50 bits per heavy atom. The Labute approximate surface area is 107 Å². The number of nitrogens with two attached hydrogens (primary N) is 1. The van der Waals surface area contributed by atoms with Gasteiger partial charge in [0.1, 0.15) is 5.60 Å². The van der Waals surface area contributed by atoms with Crippen molar-refractivity contribution in [3.05, 3.63) is 12.4 Å². The molecule has 1 heterocycles. The molecule has 0 spiro atoms. The van der Waals surface area contributed by atoms with E-state index in [0.29, 0.717) is 5.95 Å². The van der Waals surface area contributed by atoms with Gasteiger partial charge in [-0.15, -0.1) is 0 Å². The largest absolute Gasteiger partial charge is 0.484 e. The second-order valence-electron chi connectivity index (χ2n) is 6.48. The van der Waals surface area contributed by atoms with Crippen molar-refractivity contribution in [2.75, 3.05) is 5.73 Å². The van der Waals surface area contributed by atoms with Gasteiger partial charge in [0.2, 0.25) is 5.95 Å². The lowest BCUT2D eigenvalue weighted by Crippen LogP contribution is -2.53. The van der Waals surface area contributed by atoms with Crippen molar-refractivity contribution in [1.82, 2.24) is 9.97 Å². The topological polar surface area (TPSA) is 61.0 Å². The third-order valence-corrected chi connectivity index (χ3v) is 4.96. The van der Waals surface area contributed by atoms with Crippen molar-refractivity contribution >= 4 is 5.95 Å². The molecule has 0 unspecified atom stereocenters. The van der Waals surface area contributed by atoms with Crippen molar-refractivity contribution in [3.63, 3.8) is 0 Å². The molecule has 2 N–H and O–H groups in total. The molecule has 0 aromatic carbocycles. The van der Waals surface area contributed by atoms with E-state index in [4.69, 9.17) is 10.5 Å². The first-order valence-electron chi connectivity index (χ1n) is 6.97. The third kappa shape index (κ3) is 1.66. The highest BCUT2D eigenvalue weighted by Crippen LogP contribution is 2.56. The molecule has 0 aliphatic heterocycles. The number of nitrogen functional groups attached to an aromatic ring is 1. The molecule has 4 bridgehead atoms. The number of aromatic nitrogens is 2. The van der Waals surface area contributed by atoms with E-state index in [1.54, 1.807) is 12.4 Å². The summed E-state index contributed by atoms with van der Waals surface area (Å²) < 4.78 is 6.29. The van der Waals surface area contributed by atoms with Crippen molar-refractivity contribution in [1.29, 1.82) is 0 Å². The van der Waals surface area contributed by atoms with Crippen LogP contribution in [0.25, 0.3) is 0 Å². The molecule has 0 amide bonds. The fraction of sp³-hybridized carbons (Fsp3) is 0.714. The molecule has 1 aromatic heterocycles. The zero-order chi connectivity index (χ0) is 12.2. The molecule has 4 heteroatoms. The zero-order valence-electron chi connectivity index (χ0n) is 10.5. The smallest absolute Gasteiger partial charge is 0.220 e. The second-order valence-corrected chi connectivity index (χ2v) is 6.48. The fourth-order valence-electron chi connectivity index (χ4n) is 4.79. The second kappa shape index (κ2) is 3.59. The van der Waals surface area contributed by atoms with Crippen LogP contribution in [0.2, 0.25) is 0 Å². The molecule has 4 saturated carbocycles. The van der Waals surface area contributed by atoms with Crippen LogP contribution < -0.4 is 10.5 Å². The summed E-state index contributed by atoms with van der Waals surface area (Å²) in [5.41, 5.74) is 5.59. The summed E-state index contributed by atoms with van der Waals surface area (Å²) in [6.07, 6.45) is 11.4.